The second-order valence-corrected chi connectivity index (χ2v) is 5.00. The lowest BCUT2D eigenvalue weighted by molar-refractivity contribution is 0.195. The molecule has 0 unspecified atom stereocenters. The Kier molecular flexibility index (Phi) is 3.68. The molecule has 0 saturated carbocycles. The highest BCUT2D eigenvalue weighted by Gasteiger charge is 2.15. The lowest BCUT2D eigenvalue weighted by Crippen LogP contribution is -1.97. The first-order valence-corrected chi connectivity index (χ1v) is 6.25. The lowest BCUT2D eigenvalue weighted by Gasteiger charge is -2.11. The molecule has 18 heavy (non-hydrogen) atoms. The number of nitrogens with zero attached hydrogens (tertiary/aromatic N) is 2. The van der Waals surface area contributed by atoms with E-state index in [2.05, 4.69) is 10.2 Å². The van der Waals surface area contributed by atoms with Gasteiger partial charge in [-0.25, -0.2) is 4.39 Å². The Labute approximate surface area is 108 Å². The van der Waals surface area contributed by atoms with E-state index in [1.807, 2.05) is 0 Å². The van der Waals surface area contributed by atoms with Gasteiger partial charge in [-0.1, -0.05) is 0 Å². The van der Waals surface area contributed by atoms with E-state index in [9.17, 15) is 9.50 Å². The van der Waals surface area contributed by atoms with Crippen molar-refractivity contribution in [2.24, 2.45) is 0 Å². The molecule has 96 valence electrons. The zero-order chi connectivity index (χ0) is 13.3. The van der Waals surface area contributed by atoms with Crippen LogP contribution in [0.3, 0.4) is 0 Å². The molecular weight excluding hydrogens is 255 g/mol. The van der Waals surface area contributed by atoms with Crippen LogP contribution in [-0.2, 0) is 0 Å². The van der Waals surface area contributed by atoms with Gasteiger partial charge in [0, 0.05) is 11.8 Å². The summed E-state index contributed by atoms with van der Waals surface area (Å²) >= 11 is 1.22. The van der Waals surface area contributed by atoms with E-state index in [0.717, 1.165) is 0 Å². The number of hydrogen-bond acceptors (Lipinski definition) is 5. The number of halogens is 1. The van der Waals surface area contributed by atoms with Gasteiger partial charge in [0.15, 0.2) is 0 Å². The Morgan fingerprint density at radius 2 is 2.06 bits per heavy atom. The predicted molar refractivity (Wildman–Crippen MR) is 64.9 cm³/mol. The Morgan fingerprint density at radius 3 is 2.61 bits per heavy atom. The highest BCUT2D eigenvalue weighted by atomic mass is 32.2. The number of rotatable bonds is 3. The molecule has 0 aliphatic carbocycles. The largest absolute Gasteiger partial charge is 0.416 e. The SMILES string of the molecule is Cc1nnc(Sc2cc(C)c(F)cc2[C@H](C)O)o1. The molecule has 0 bridgehead atoms. The van der Waals surface area contributed by atoms with Gasteiger partial charge in [0.2, 0.25) is 5.89 Å². The minimum Gasteiger partial charge on any atom is -0.416 e. The first-order valence-electron chi connectivity index (χ1n) is 5.43. The fourth-order valence-electron chi connectivity index (χ4n) is 1.50. The van der Waals surface area contributed by atoms with Gasteiger partial charge in [-0.2, -0.15) is 0 Å². The van der Waals surface area contributed by atoms with Crippen molar-refractivity contribution in [2.45, 2.75) is 37.0 Å². The Balaban J connectivity index is 2.39. The molecule has 0 spiro atoms. The number of aryl methyl sites for hydroxylation is 2. The van der Waals surface area contributed by atoms with Crippen molar-refractivity contribution < 1.29 is 13.9 Å². The molecule has 1 aromatic carbocycles. The van der Waals surface area contributed by atoms with E-state index in [1.165, 1.54) is 17.8 Å². The third kappa shape index (κ3) is 2.70. The Bertz CT molecular complexity index is 569. The van der Waals surface area contributed by atoms with Gasteiger partial charge in [-0.05, 0) is 48.9 Å². The molecule has 0 radical (unpaired) electrons. The van der Waals surface area contributed by atoms with Gasteiger partial charge < -0.3 is 9.52 Å². The lowest BCUT2D eigenvalue weighted by atomic mass is 10.1. The molecule has 1 N–H and O–H groups in total. The van der Waals surface area contributed by atoms with Gasteiger partial charge in [0.25, 0.3) is 5.22 Å². The summed E-state index contributed by atoms with van der Waals surface area (Å²) in [5.41, 5.74) is 1.03. The molecule has 0 saturated heterocycles. The number of hydrogen-bond donors (Lipinski definition) is 1. The zero-order valence-corrected chi connectivity index (χ0v) is 11.1. The van der Waals surface area contributed by atoms with Gasteiger partial charge >= 0.3 is 0 Å². The van der Waals surface area contributed by atoms with Gasteiger partial charge in [0.1, 0.15) is 5.82 Å². The van der Waals surface area contributed by atoms with E-state index in [1.54, 1.807) is 26.8 Å². The molecule has 1 heterocycles. The van der Waals surface area contributed by atoms with Crippen molar-refractivity contribution in [3.8, 4) is 0 Å². The summed E-state index contributed by atoms with van der Waals surface area (Å²) < 4.78 is 18.7. The van der Waals surface area contributed by atoms with E-state index in [4.69, 9.17) is 4.42 Å². The number of aromatic nitrogens is 2. The number of benzene rings is 1. The van der Waals surface area contributed by atoms with Crippen LogP contribution in [0.25, 0.3) is 0 Å². The molecule has 2 rings (SSSR count). The van der Waals surface area contributed by atoms with Crippen LogP contribution < -0.4 is 0 Å². The maximum Gasteiger partial charge on any atom is 0.281 e. The van der Waals surface area contributed by atoms with Crippen molar-refractivity contribution in [3.63, 3.8) is 0 Å². The van der Waals surface area contributed by atoms with E-state index in [-0.39, 0.29) is 5.82 Å². The van der Waals surface area contributed by atoms with E-state index in [0.29, 0.717) is 27.1 Å². The van der Waals surface area contributed by atoms with Crippen LogP contribution in [0, 0.1) is 19.7 Å². The summed E-state index contributed by atoms with van der Waals surface area (Å²) in [6.45, 7) is 4.96. The molecule has 1 aromatic heterocycles. The third-order valence-corrected chi connectivity index (χ3v) is 3.36. The standard InChI is InChI=1S/C12H13FN2O2S/c1-6-4-11(9(7(2)16)5-10(6)13)18-12-15-14-8(3)17-12/h4-5,7,16H,1-3H3/t7-/m0/s1. The van der Waals surface area contributed by atoms with Gasteiger partial charge in [-0.3, -0.25) is 0 Å². The van der Waals surface area contributed by atoms with Crippen LogP contribution in [0.5, 0.6) is 0 Å². The summed E-state index contributed by atoms with van der Waals surface area (Å²) in [5.74, 6) is 0.131. The highest BCUT2D eigenvalue weighted by Crippen LogP contribution is 2.34. The second kappa shape index (κ2) is 5.07. The minimum atomic E-state index is -0.758. The molecule has 0 amide bonds. The van der Waals surface area contributed by atoms with Crippen LogP contribution in [0.15, 0.2) is 26.7 Å². The van der Waals surface area contributed by atoms with Crippen molar-refractivity contribution >= 4 is 11.8 Å². The average Bonchev–Trinajstić information content (AvgIpc) is 2.68. The summed E-state index contributed by atoms with van der Waals surface area (Å²) in [5, 5.41) is 17.6. The molecular formula is C12H13FN2O2S. The van der Waals surface area contributed by atoms with Gasteiger partial charge in [0.05, 0.1) is 6.10 Å². The van der Waals surface area contributed by atoms with Crippen LogP contribution in [0.2, 0.25) is 0 Å². The average molecular weight is 268 g/mol. The molecule has 0 fully saturated rings. The third-order valence-electron chi connectivity index (χ3n) is 2.45. The summed E-state index contributed by atoms with van der Waals surface area (Å²) in [6.07, 6.45) is -0.758. The van der Waals surface area contributed by atoms with Gasteiger partial charge in [-0.15, -0.1) is 10.2 Å². The van der Waals surface area contributed by atoms with Crippen LogP contribution in [-0.4, -0.2) is 15.3 Å². The number of aliphatic hydroxyl groups is 1. The zero-order valence-electron chi connectivity index (χ0n) is 10.3. The van der Waals surface area contributed by atoms with Crippen LogP contribution >= 0.6 is 11.8 Å². The minimum absolute atomic E-state index is 0.336. The van der Waals surface area contributed by atoms with E-state index >= 15 is 0 Å². The van der Waals surface area contributed by atoms with E-state index < -0.39 is 6.10 Å². The molecule has 6 heteroatoms. The molecule has 2 aromatic rings. The summed E-state index contributed by atoms with van der Waals surface area (Å²) in [6, 6.07) is 3.01. The quantitative estimate of drug-likeness (QED) is 0.927. The fourth-order valence-corrected chi connectivity index (χ4v) is 2.51. The van der Waals surface area contributed by atoms with Crippen molar-refractivity contribution in [1.29, 1.82) is 0 Å². The van der Waals surface area contributed by atoms with Crippen molar-refractivity contribution in [2.75, 3.05) is 0 Å². The van der Waals surface area contributed by atoms with Crippen LogP contribution in [0.1, 0.15) is 30.0 Å². The topological polar surface area (TPSA) is 59.2 Å². The van der Waals surface area contributed by atoms with Crippen molar-refractivity contribution in [1.82, 2.24) is 10.2 Å². The monoisotopic (exact) mass is 268 g/mol. The normalized spacial score (nSPS) is 12.7. The number of aliphatic hydroxyl groups excluding tert-OH is 1. The molecule has 0 aliphatic heterocycles. The predicted octanol–water partition coefficient (Wildman–Crippen LogP) is 3.03. The first kappa shape index (κ1) is 13.0. The van der Waals surface area contributed by atoms with Crippen LogP contribution in [0.4, 0.5) is 4.39 Å². The van der Waals surface area contributed by atoms with Crippen molar-refractivity contribution in [3.05, 3.63) is 35.0 Å². The highest BCUT2D eigenvalue weighted by molar-refractivity contribution is 7.99. The first-order chi connectivity index (χ1) is 8.47. The molecule has 0 aliphatic rings. The summed E-state index contributed by atoms with van der Waals surface area (Å²) in [7, 11) is 0. The Hall–Kier alpha value is -1.40. The molecule has 1 atom stereocenters. The molecule has 4 nitrogen and oxygen atoms in total. The summed E-state index contributed by atoms with van der Waals surface area (Å²) in [4.78, 5) is 0.715. The second-order valence-electron chi connectivity index (χ2n) is 4.00. The fraction of sp³-hybridized carbons (Fsp3) is 0.333. The Morgan fingerprint density at radius 1 is 1.33 bits per heavy atom. The maximum absolute atomic E-state index is 13.5. The smallest absolute Gasteiger partial charge is 0.281 e. The maximum atomic E-state index is 13.5.